The van der Waals surface area contributed by atoms with Crippen LogP contribution in [0.4, 0.5) is 4.79 Å². The van der Waals surface area contributed by atoms with Gasteiger partial charge in [-0.2, -0.15) is 0 Å². The summed E-state index contributed by atoms with van der Waals surface area (Å²) < 4.78 is 5.36. The molecule has 4 N–H and O–H groups in total. The summed E-state index contributed by atoms with van der Waals surface area (Å²) >= 11 is 6.00. The zero-order chi connectivity index (χ0) is 25.5. The molecule has 198 valence electrons. The van der Waals surface area contributed by atoms with Crippen LogP contribution in [0.25, 0.3) is 0 Å². The highest BCUT2D eigenvalue weighted by Crippen LogP contribution is 2.42. The number of aliphatic hydroxyl groups excluding tert-OH is 1. The maximum Gasteiger partial charge on any atom is 0.408 e. The number of alkyl carbamates (subject to hydrolysis) is 1. The van der Waals surface area contributed by atoms with Crippen LogP contribution in [0.2, 0.25) is 5.02 Å². The molecule has 3 aliphatic rings. The minimum atomic E-state index is -0.774. The predicted molar refractivity (Wildman–Crippen MR) is 136 cm³/mol. The molecule has 9 heteroatoms. The zero-order valence-electron chi connectivity index (χ0n) is 20.8. The Morgan fingerprint density at radius 2 is 1.92 bits per heavy atom. The third-order valence-electron chi connectivity index (χ3n) is 8.00. The summed E-state index contributed by atoms with van der Waals surface area (Å²) in [5.74, 6) is -0.232. The maximum absolute atomic E-state index is 13.3. The van der Waals surface area contributed by atoms with Crippen molar-refractivity contribution in [1.29, 1.82) is 0 Å². The van der Waals surface area contributed by atoms with Crippen LogP contribution in [-0.2, 0) is 20.9 Å². The van der Waals surface area contributed by atoms with Gasteiger partial charge in [-0.3, -0.25) is 9.59 Å². The average Bonchev–Trinajstić information content (AvgIpc) is 3.19. The number of aliphatic hydroxyl groups is 1. The van der Waals surface area contributed by atoms with Crippen LogP contribution in [0.15, 0.2) is 24.3 Å². The van der Waals surface area contributed by atoms with Crippen molar-refractivity contribution in [2.75, 3.05) is 6.61 Å². The second-order valence-electron chi connectivity index (χ2n) is 10.8. The molecule has 1 spiro atoms. The topological polar surface area (TPSA) is 117 Å². The number of amides is 3. The predicted octanol–water partition coefficient (Wildman–Crippen LogP) is 3.83. The molecule has 8 nitrogen and oxygen atoms in total. The molecule has 4 rings (SSSR count). The molecule has 0 bridgehead atoms. The van der Waals surface area contributed by atoms with Crippen LogP contribution in [0.3, 0.4) is 0 Å². The van der Waals surface area contributed by atoms with Gasteiger partial charge in [0.15, 0.2) is 0 Å². The molecule has 0 aromatic heterocycles. The Hall–Kier alpha value is -2.32. The van der Waals surface area contributed by atoms with Crippen molar-refractivity contribution < 1.29 is 24.2 Å². The Labute approximate surface area is 217 Å². The van der Waals surface area contributed by atoms with Crippen molar-refractivity contribution >= 4 is 29.5 Å². The number of carbonyl (C=O) groups is 3. The van der Waals surface area contributed by atoms with Crippen LogP contribution in [0.5, 0.6) is 0 Å². The van der Waals surface area contributed by atoms with E-state index in [4.69, 9.17) is 16.3 Å². The van der Waals surface area contributed by atoms with Gasteiger partial charge in [0.2, 0.25) is 11.8 Å². The highest BCUT2D eigenvalue weighted by molar-refractivity contribution is 6.30. The molecule has 36 heavy (non-hydrogen) atoms. The lowest BCUT2D eigenvalue weighted by molar-refractivity contribution is -0.126. The summed E-state index contributed by atoms with van der Waals surface area (Å²) in [7, 11) is 0. The van der Waals surface area contributed by atoms with E-state index in [0.29, 0.717) is 23.8 Å². The number of ether oxygens (including phenoxy) is 1. The van der Waals surface area contributed by atoms with Gasteiger partial charge in [0.25, 0.3) is 0 Å². The Morgan fingerprint density at radius 3 is 2.56 bits per heavy atom. The number of hydrogen-bond donors (Lipinski definition) is 4. The van der Waals surface area contributed by atoms with Crippen molar-refractivity contribution in [3.8, 4) is 0 Å². The first-order chi connectivity index (χ1) is 17.4. The first kappa shape index (κ1) is 26.7. The third-order valence-corrected chi connectivity index (χ3v) is 8.24. The largest absolute Gasteiger partial charge is 0.445 e. The quantitative estimate of drug-likeness (QED) is 0.375. The molecule has 1 heterocycles. The lowest BCUT2D eigenvalue weighted by Crippen LogP contribution is -2.51. The van der Waals surface area contributed by atoms with E-state index in [9.17, 15) is 19.5 Å². The van der Waals surface area contributed by atoms with E-state index < -0.39 is 18.2 Å². The SMILES string of the molecule is O=C(N[C@@H](CC1CCCCC1)C(=O)NC(CO)CC1CC2(CCC2)NC1=O)OCc1cccc(Cl)c1. The van der Waals surface area contributed by atoms with Crippen LogP contribution < -0.4 is 16.0 Å². The van der Waals surface area contributed by atoms with E-state index in [0.717, 1.165) is 56.9 Å². The number of nitrogens with one attached hydrogen (secondary N) is 3. The molecule has 1 aromatic rings. The van der Waals surface area contributed by atoms with Crippen LogP contribution >= 0.6 is 11.6 Å². The number of carbonyl (C=O) groups excluding carboxylic acids is 3. The summed E-state index contributed by atoms with van der Waals surface area (Å²) in [6.45, 7) is -0.222. The summed E-state index contributed by atoms with van der Waals surface area (Å²) in [4.78, 5) is 38.4. The fourth-order valence-corrected chi connectivity index (χ4v) is 6.09. The molecular formula is C27H38ClN3O5. The van der Waals surface area contributed by atoms with Gasteiger partial charge >= 0.3 is 6.09 Å². The Balaban J connectivity index is 1.34. The van der Waals surface area contributed by atoms with Gasteiger partial charge in [0.05, 0.1) is 12.6 Å². The lowest BCUT2D eigenvalue weighted by Gasteiger charge is -2.38. The van der Waals surface area contributed by atoms with Crippen molar-refractivity contribution in [1.82, 2.24) is 16.0 Å². The number of halogens is 1. The van der Waals surface area contributed by atoms with Gasteiger partial charge in [-0.15, -0.1) is 0 Å². The van der Waals surface area contributed by atoms with E-state index in [-0.39, 0.29) is 36.5 Å². The second kappa shape index (κ2) is 12.3. The zero-order valence-corrected chi connectivity index (χ0v) is 21.5. The molecule has 3 atom stereocenters. The van der Waals surface area contributed by atoms with E-state index in [1.807, 2.05) is 6.07 Å². The Morgan fingerprint density at radius 1 is 1.14 bits per heavy atom. The first-order valence-electron chi connectivity index (χ1n) is 13.3. The number of hydrogen-bond acceptors (Lipinski definition) is 5. The van der Waals surface area contributed by atoms with Crippen LogP contribution in [0.1, 0.15) is 76.2 Å². The maximum atomic E-state index is 13.3. The van der Waals surface area contributed by atoms with Gasteiger partial charge in [0.1, 0.15) is 12.6 Å². The standard InChI is InChI=1S/C27H38ClN3O5/c28-21-9-4-8-19(12-21)17-36-26(35)30-23(13-18-6-2-1-3-7-18)25(34)29-22(16-32)14-20-15-27(10-5-11-27)31-24(20)33/h4,8-9,12,18,20,22-23,32H,1-3,5-7,10-11,13-17H2,(H,29,34)(H,30,35)(H,31,33)/t20?,22?,23-/m0/s1. The van der Waals surface area contributed by atoms with E-state index in [1.165, 1.54) is 6.42 Å². The molecule has 1 aromatic carbocycles. The van der Waals surface area contributed by atoms with Crippen molar-refractivity contribution in [3.05, 3.63) is 34.9 Å². The van der Waals surface area contributed by atoms with Gasteiger partial charge in [0, 0.05) is 16.5 Å². The molecule has 0 radical (unpaired) electrons. The first-order valence-corrected chi connectivity index (χ1v) is 13.6. The molecule has 2 aliphatic carbocycles. The Bertz CT molecular complexity index is 932. The molecule has 2 unspecified atom stereocenters. The number of benzene rings is 1. The fourth-order valence-electron chi connectivity index (χ4n) is 5.87. The van der Waals surface area contributed by atoms with Crippen molar-refractivity contribution in [2.45, 2.75) is 94.9 Å². The summed E-state index contributed by atoms with van der Waals surface area (Å²) in [5.41, 5.74) is 0.675. The summed E-state index contributed by atoms with van der Waals surface area (Å²) in [6, 6.07) is 5.73. The van der Waals surface area contributed by atoms with Crippen LogP contribution in [-0.4, -0.2) is 47.2 Å². The van der Waals surface area contributed by atoms with Crippen molar-refractivity contribution in [3.63, 3.8) is 0 Å². The monoisotopic (exact) mass is 519 g/mol. The van der Waals surface area contributed by atoms with Crippen molar-refractivity contribution in [2.24, 2.45) is 11.8 Å². The van der Waals surface area contributed by atoms with Gasteiger partial charge in [-0.25, -0.2) is 4.79 Å². The minimum absolute atomic E-state index is 0.00359. The third kappa shape index (κ3) is 7.13. The number of rotatable bonds is 10. The summed E-state index contributed by atoms with van der Waals surface area (Å²) in [5, 5.41) is 19.3. The molecule has 3 amide bonds. The average molecular weight is 520 g/mol. The van der Waals surface area contributed by atoms with Gasteiger partial charge in [-0.1, -0.05) is 55.8 Å². The molecule has 1 saturated heterocycles. The van der Waals surface area contributed by atoms with E-state index >= 15 is 0 Å². The van der Waals surface area contributed by atoms with E-state index in [2.05, 4.69) is 16.0 Å². The smallest absolute Gasteiger partial charge is 0.408 e. The normalized spacial score (nSPS) is 22.8. The highest BCUT2D eigenvalue weighted by atomic mass is 35.5. The Kier molecular flexibility index (Phi) is 9.12. The van der Waals surface area contributed by atoms with Crippen LogP contribution in [0, 0.1) is 11.8 Å². The summed E-state index contributed by atoms with van der Waals surface area (Å²) in [6.07, 6.45) is 9.57. The molecular weight excluding hydrogens is 482 g/mol. The fraction of sp³-hybridized carbons (Fsp3) is 0.667. The molecule has 2 saturated carbocycles. The second-order valence-corrected chi connectivity index (χ2v) is 11.2. The van der Waals surface area contributed by atoms with Gasteiger partial charge < -0.3 is 25.8 Å². The van der Waals surface area contributed by atoms with E-state index in [1.54, 1.807) is 18.2 Å². The highest BCUT2D eigenvalue weighted by Gasteiger charge is 2.48. The lowest BCUT2D eigenvalue weighted by atomic mass is 9.74. The molecule has 3 fully saturated rings. The van der Waals surface area contributed by atoms with Gasteiger partial charge in [-0.05, 0) is 62.1 Å². The minimum Gasteiger partial charge on any atom is -0.445 e. The molecule has 1 aliphatic heterocycles.